The van der Waals surface area contributed by atoms with Gasteiger partial charge in [0, 0.05) is 6.42 Å². The van der Waals surface area contributed by atoms with Gasteiger partial charge in [-0.2, -0.15) is 0 Å². The minimum Gasteiger partial charge on any atom is -0.469 e. The molecule has 1 heteroatoms. The van der Waals surface area contributed by atoms with Crippen LogP contribution in [-0.2, 0) is 12.8 Å². The van der Waals surface area contributed by atoms with Gasteiger partial charge in [0.1, 0.15) is 5.76 Å². The highest BCUT2D eigenvalue weighted by molar-refractivity contribution is 5.14. The van der Waals surface area contributed by atoms with Gasteiger partial charge in [-0.1, -0.05) is 50.6 Å². The van der Waals surface area contributed by atoms with Crippen molar-refractivity contribution in [2.75, 3.05) is 0 Å². The Morgan fingerprint density at radius 1 is 0.938 bits per heavy atom. The van der Waals surface area contributed by atoms with Crippen LogP contribution in [0.4, 0.5) is 0 Å². The maximum atomic E-state index is 4.98. The molecule has 0 N–H and O–H groups in total. The minimum absolute atomic E-state index is 0.993. The first-order valence-electron chi connectivity index (χ1n) is 5.93. The molecule has 0 amide bonds. The Balaban J connectivity index is 0.000000165. The molecule has 0 bridgehead atoms. The molecule has 0 aliphatic carbocycles. The first kappa shape index (κ1) is 12.6. The monoisotopic (exact) mass is 216 g/mol. The molecule has 0 atom stereocenters. The van der Waals surface area contributed by atoms with Crippen molar-refractivity contribution in [1.29, 1.82) is 0 Å². The van der Waals surface area contributed by atoms with Gasteiger partial charge < -0.3 is 4.42 Å². The summed E-state index contributed by atoms with van der Waals surface area (Å²) in [7, 11) is 0. The molecule has 0 fully saturated rings. The molecular formula is C15H20O. The lowest BCUT2D eigenvalue weighted by atomic mass is 10.1. The fourth-order valence-electron chi connectivity index (χ4n) is 1.45. The summed E-state index contributed by atoms with van der Waals surface area (Å²) in [6.45, 7) is 4.27. The maximum absolute atomic E-state index is 4.98. The average Bonchev–Trinajstić information content (AvgIpc) is 2.84. The summed E-state index contributed by atoms with van der Waals surface area (Å²) < 4.78 is 4.98. The molecular weight excluding hydrogens is 196 g/mol. The van der Waals surface area contributed by atoms with Gasteiger partial charge >= 0.3 is 0 Å². The highest BCUT2D eigenvalue weighted by Crippen LogP contribution is 2.00. The van der Waals surface area contributed by atoms with Crippen molar-refractivity contribution in [3.05, 3.63) is 60.1 Å². The standard InChI is InChI=1S/C9H12.C6H8O/c1-2-6-9-7-4-3-5-8-9;1-2-6-4-3-5-7-6/h3-5,7-8H,2,6H2,1H3;3-5H,2H2,1H3. The second kappa shape index (κ2) is 7.75. The van der Waals surface area contributed by atoms with Crippen molar-refractivity contribution < 1.29 is 4.42 Å². The summed E-state index contributed by atoms with van der Waals surface area (Å²) >= 11 is 0. The second-order valence-corrected chi connectivity index (χ2v) is 3.67. The van der Waals surface area contributed by atoms with E-state index < -0.39 is 0 Å². The van der Waals surface area contributed by atoms with Crippen LogP contribution in [0.3, 0.4) is 0 Å². The van der Waals surface area contributed by atoms with Gasteiger partial charge in [0.05, 0.1) is 6.26 Å². The molecule has 2 aromatic rings. The van der Waals surface area contributed by atoms with Crippen molar-refractivity contribution in [2.45, 2.75) is 33.1 Å². The molecule has 0 aliphatic rings. The zero-order valence-corrected chi connectivity index (χ0v) is 10.1. The molecule has 0 radical (unpaired) electrons. The van der Waals surface area contributed by atoms with Crippen LogP contribution in [0.15, 0.2) is 53.1 Å². The van der Waals surface area contributed by atoms with E-state index in [2.05, 4.69) is 44.2 Å². The number of benzene rings is 1. The molecule has 16 heavy (non-hydrogen) atoms. The molecule has 0 aliphatic heterocycles. The van der Waals surface area contributed by atoms with Crippen LogP contribution in [0.25, 0.3) is 0 Å². The van der Waals surface area contributed by atoms with E-state index in [0.717, 1.165) is 12.2 Å². The summed E-state index contributed by atoms with van der Waals surface area (Å²) in [6, 6.07) is 14.4. The third-order valence-corrected chi connectivity index (χ3v) is 2.31. The van der Waals surface area contributed by atoms with Gasteiger partial charge in [-0.3, -0.25) is 0 Å². The first-order chi connectivity index (χ1) is 7.86. The molecule has 1 heterocycles. The van der Waals surface area contributed by atoms with Crippen LogP contribution < -0.4 is 0 Å². The Kier molecular flexibility index (Phi) is 6.09. The van der Waals surface area contributed by atoms with Crippen molar-refractivity contribution in [3.8, 4) is 0 Å². The summed E-state index contributed by atoms with van der Waals surface area (Å²) in [5, 5.41) is 0. The van der Waals surface area contributed by atoms with Crippen molar-refractivity contribution in [3.63, 3.8) is 0 Å². The van der Waals surface area contributed by atoms with E-state index in [1.165, 1.54) is 18.4 Å². The molecule has 0 unspecified atom stereocenters. The second-order valence-electron chi connectivity index (χ2n) is 3.67. The number of hydrogen-bond acceptors (Lipinski definition) is 1. The van der Waals surface area contributed by atoms with Gasteiger partial charge in [-0.25, -0.2) is 0 Å². The van der Waals surface area contributed by atoms with E-state index in [1.807, 2.05) is 12.1 Å². The Morgan fingerprint density at radius 3 is 2.12 bits per heavy atom. The van der Waals surface area contributed by atoms with E-state index in [1.54, 1.807) is 6.26 Å². The number of hydrogen-bond donors (Lipinski definition) is 0. The van der Waals surface area contributed by atoms with Crippen LogP contribution in [-0.4, -0.2) is 0 Å². The van der Waals surface area contributed by atoms with Crippen molar-refractivity contribution >= 4 is 0 Å². The smallest absolute Gasteiger partial charge is 0.103 e. The van der Waals surface area contributed by atoms with Crippen LogP contribution >= 0.6 is 0 Å². The number of aryl methyl sites for hydroxylation is 2. The van der Waals surface area contributed by atoms with Gasteiger partial charge in [0.25, 0.3) is 0 Å². The highest BCUT2D eigenvalue weighted by atomic mass is 16.3. The summed E-state index contributed by atoms with van der Waals surface area (Å²) in [5.41, 5.74) is 1.44. The molecule has 0 saturated heterocycles. The summed E-state index contributed by atoms with van der Waals surface area (Å²) in [4.78, 5) is 0. The number of furan rings is 1. The van der Waals surface area contributed by atoms with Crippen LogP contribution in [0, 0.1) is 0 Å². The molecule has 0 saturated carbocycles. The van der Waals surface area contributed by atoms with Gasteiger partial charge in [0.15, 0.2) is 0 Å². The Hall–Kier alpha value is -1.50. The zero-order chi connectivity index (χ0) is 11.6. The minimum atomic E-state index is 0.993. The summed E-state index contributed by atoms with van der Waals surface area (Å²) in [6.07, 6.45) is 5.14. The Labute approximate surface area is 98.1 Å². The quantitative estimate of drug-likeness (QED) is 0.737. The highest BCUT2D eigenvalue weighted by Gasteiger charge is 1.85. The fraction of sp³-hybridized carbons (Fsp3) is 0.333. The molecule has 2 rings (SSSR count). The van der Waals surface area contributed by atoms with Gasteiger partial charge in [0.2, 0.25) is 0 Å². The molecule has 86 valence electrons. The first-order valence-corrected chi connectivity index (χ1v) is 5.93. The third kappa shape index (κ3) is 4.83. The maximum Gasteiger partial charge on any atom is 0.103 e. The largest absolute Gasteiger partial charge is 0.469 e. The predicted molar refractivity (Wildman–Crippen MR) is 68.5 cm³/mol. The molecule has 1 nitrogen and oxygen atoms in total. The molecule has 0 spiro atoms. The third-order valence-electron chi connectivity index (χ3n) is 2.31. The summed E-state index contributed by atoms with van der Waals surface area (Å²) in [5.74, 6) is 1.06. The lowest BCUT2D eigenvalue weighted by molar-refractivity contribution is 0.516. The van der Waals surface area contributed by atoms with Gasteiger partial charge in [-0.15, -0.1) is 0 Å². The van der Waals surface area contributed by atoms with E-state index in [4.69, 9.17) is 4.42 Å². The lowest BCUT2D eigenvalue weighted by Gasteiger charge is -1.93. The molecule has 1 aromatic carbocycles. The topological polar surface area (TPSA) is 13.1 Å². The van der Waals surface area contributed by atoms with Crippen LogP contribution in [0.1, 0.15) is 31.6 Å². The normalized spacial score (nSPS) is 9.38. The van der Waals surface area contributed by atoms with Crippen molar-refractivity contribution in [2.24, 2.45) is 0 Å². The fourth-order valence-corrected chi connectivity index (χ4v) is 1.45. The van der Waals surface area contributed by atoms with Gasteiger partial charge in [-0.05, 0) is 24.1 Å². The van der Waals surface area contributed by atoms with E-state index in [0.29, 0.717) is 0 Å². The zero-order valence-electron chi connectivity index (χ0n) is 10.1. The lowest BCUT2D eigenvalue weighted by Crippen LogP contribution is -1.78. The molecule has 1 aromatic heterocycles. The number of rotatable bonds is 3. The van der Waals surface area contributed by atoms with Crippen LogP contribution in [0.2, 0.25) is 0 Å². The Morgan fingerprint density at radius 2 is 1.69 bits per heavy atom. The Bertz CT molecular complexity index is 348. The van der Waals surface area contributed by atoms with E-state index in [9.17, 15) is 0 Å². The van der Waals surface area contributed by atoms with E-state index >= 15 is 0 Å². The van der Waals surface area contributed by atoms with E-state index in [-0.39, 0.29) is 0 Å². The average molecular weight is 216 g/mol. The van der Waals surface area contributed by atoms with Crippen LogP contribution in [0.5, 0.6) is 0 Å². The SMILES string of the molecule is CCCc1ccccc1.CCc1ccco1. The predicted octanol–water partition coefficient (Wildman–Crippen LogP) is 4.48. The van der Waals surface area contributed by atoms with Crippen molar-refractivity contribution in [1.82, 2.24) is 0 Å².